The Morgan fingerprint density at radius 1 is 1.24 bits per heavy atom. The van der Waals surface area contributed by atoms with Gasteiger partial charge in [0.15, 0.2) is 0 Å². The molecule has 0 aliphatic rings. The van der Waals surface area contributed by atoms with E-state index >= 15 is 0 Å². The van der Waals surface area contributed by atoms with E-state index in [1.54, 1.807) is 0 Å². The first kappa shape index (κ1) is 14.5. The summed E-state index contributed by atoms with van der Waals surface area (Å²) in [6.45, 7) is 5.15. The van der Waals surface area contributed by atoms with Gasteiger partial charge in [-0.05, 0) is 37.6 Å². The largest absolute Gasteiger partial charge is 0.387 e. The van der Waals surface area contributed by atoms with Gasteiger partial charge in [0.25, 0.3) is 0 Å². The molecule has 17 heavy (non-hydrogen) atoms. The molecule has 0 aliphatic heterocycles. The zero-order valence-electron chi connectivity index (χ0n) is 10.6. The Labute approximate surface area is 109 Å². The van der Waals surface area contributed by atoms with Crippen LogP contribution in [0.15, 0.2) is 24.3 Å². The Hall–Kier alpha value is -0.570. The van der Waals surface area contributed by atoms with Gasteiger partial charge in [-0.25, -0.2) is 0 Å². The summed E-state index contributed by atoms with van der Waals surface area (Å²) in [6.07, 6.45) is 3.13. The maximum Gasteiger partial charge on any atom is 0.0940 e. The molecule has 2 nitrogen and oxygen atoms in total. The number of benzene rings is 1. The number of halogens is 1. The molecule has 2 N–H and O–H groups in total. The molecule has 0 amide bonds. The minimum Gasteiger partial charge on any atom is -0.387 e. The summed E-state index contributed by atoms with van der Waals surface area (Å²) in [7, 11) is 0. The predicted octanol–water partition coefficient (Wildman–Crippen LogP) is 3.54. The molecule has 3 heteroatoms. The van der Waals surface area contributed by atoms with Crippen LogP contribution in [0, 0.1) is 0 Å². The average molecular weight is 256 g/mol. The summed E-state index contributed by atoms with van der Waals surface area (Å²) < 4.78 is 0. The van der Waals surface area contributed by atoms with Crippen LogP contribution < -0.4 is 5.32 Å². The van der Waals surface area contributed by atoms with E-state index in [9.17, 15) is 5.11 Å². The fraction of sp³-hybridized carbons (Fsp3) is 0.571. The van der Waals surface area contributed by atoms with Gasteiger partial charge >= 0.3 is 0 Å². The normalized spacial score (nSPS) is 14.6. The fourth-order valence-corrected chi connectivity index (χ4v) is 1.89. The van der Waals surface area contributed by atoms with Crippen LogP contribution in [0.25, 0.3) is 0 Å². The molecule has 0 heterocycles. The second kappa shape index (κ2) is 7.70. The van der Waals surface area contributed by atoms with Gasteiger partial charge in [0.2, 0.25) is 0 Å². The van der Waals surface area contributed by atoms with Crippen molar-refractivity contribution in [1.29, 1.82) is 0 Å². The minimum atomic E-state index is -0.478. The van der Waals surface area contributed by atoms with Crippen LogP contribution in [0.5, 0.6) is 0 Å². The smallest absolute Gasteiger partial charge is 0.0940 e. The van der Waals surface area contributed by atoms with Crippen molar-refractivity contribution in [3.05, 3.63) is 34.9 Å². The van der Waals surface area contributed by atoms with E-state index in [1.807, 2.05) is 31.2 Å². The highest BCUT2D eigenvalue weighted by Gasteiger charge is 2.15. The van der Waals surface area contributed by atoms with E-state index < -0.39 is 6.10 Å². The maximum absolute atomic E-state index is 10.1. The van der Waals surface area contributed by atoms with Crippen LogP contribution in [0.3, 0.4) is 0 Å². The van der Waals surface area contributed by atoms with Crippen molar-refractivity contribution in [3.63, 3.8) is 0 Å². The molecule has 0 aliphatic carbocycles. The van der Waals surface area contributed by atoms with Gasteiger partial charge in [0.05, 0.1) is 6.10 Å². The molecular formula is C14H22ClNO. The Bertz CT molecular complexity index is 313. The van der Waals surface area contributed by atoms with Crippen LogP contribution >= 0.6 is 11.6 Å². The molecule has 1 rings (SSSR count). The summed E-state index contributed by atoms with van der Waals surface area (Å²) in [5.74, 6) is 0. The lowest BCUT2D eigenvalue weighted by Crippen LogP contribution is -2.32. The third-order valence-electron chi connectivity index (χ3n) is 2.93. The Kier molecular flexibility index (Phi) is 6.56. The lowest BCUT2D eigenvalue weighted by molar-refractivity contribution is 0.136. The monoisotopic (exact) mass is 255 g/mol. The molecule has 0 radical (unpaired) electrons. The molecule has 2 atom stereocenters. The van der Waals surface area contributed by atoms with Crippen molar-refractivity contribution >= 4 is 11.6 Å². The first-order valence-corrected chi connectivity index (χ1v) is 6.70. The summed E-state index contributed by atoms with van der Waals surface area (Å²) in [5.41, 5.74) is 0.907. The first-order chi connectivity index (χ1) is 8.15. The molecule has 0 saturated heterocycles. The summed E-state index contributed by atoms with van der Waals surface area (Å²) in [5, 5.41) is 14.2. The molecule has 0 spiro atoms. The molecule has 2 unspecified atom stereocenters. The number of aliphatic hydroxyl groups excluding tert-OH is 1. The van der Waals surface area contributed by atoms with Crippen molar-refractivity contribution in [2.45, 2.75) is 45.3 Å². The summed E-state index contributed by atoms with van der Waals surface area (Å²) in [4.78, 5) is 0. The molecule has 1 aromatic rings. The fourth-order valence-electron chi connectivity index (χ4n) is 1.76. The van der Waals surface area contributed by atoms with E-state index in [0.717, 1.165) is 18.5 Å². The van der Waals surface area contributed by atoms with Crippen LogP contribution in [0.4, 0.5) is 0 Å². The molecular weight excluding hydrogens is 234 g/mol. The van der Waals surface area contributed by atoms with E-state index in [2.05, 4.69) is 12.2 Å². The summed E-state index contributed by atoms with van der Waals surface area (Å²) >= 11 is 5.82. The van der Waals surface area contributed by atoms with Gasteiger partial charge in [0, 0.05) is 11.1 Å². The number of hydrogen-bond acceptors (Lipinski definition) is 2. The maximum atomic E-state index is 10.1. The zero-order chi connectivity index (χ0) is 12.7. The number of aliphatic hydroxyl groups is 1. The van der Waals surface area contributed by atoms with Gasteiger partial charge in [-0.15, -0.1) is 0 Å². The third-order valence-corrected chi connectivity index (χ3v) is 3.18. The Morgan fingerprint density at radius 3 is 2.47 bits per heavy atom. The van der Waals surface area contributed by atoms with Crippen molar-refractivity contribution in [3.8, 4) is 0 Å². The molecule has 96 valence electrons. The topological polar surface area (TPSA) is 32.3 Å². The van der Waals surface area contributed by atoms with E-state index in [4.69, 9.17) is 11.6 Å². The van der Waals surface area contributed by atoms with Gasteiger partial charge < -0.3 is 10.4 Å². The number of rotatable bonds is 7. The highest BCUT2D eigenvalue weighted by atomic mass is 35.5. The van der Waals surface area contributed by atoms with E-state index in [0.29, 0.717) is 5.02 Å². The quantitative estimate of drug-likeness (QED) is 0.731. The Balaban J connectivity index is 2.40. The number of unbranched alkanes of at least 4 members (excludes halogenated alkanes) is 2. The standard InChI is InChI=1S/C14H22ClNO/c1-3-4-5-10-16-11(2)14(17)12-6-8-13(15)9-7-12/h6-9,11,14,16-17H,3-5,10H2,1-2H3. The summed E-state index contributed by atoms with van der Waals surface area (Å²) in [6, 6.07) is 7.43. The van der Waals surface area contributed by atoms with Crippen LogP contribution in [0.2, 0.25) is 5.02 Å². The van der Waals surface area contributed by atoms with Crippen LogP contribution in [-0.2, 0) is 0 Å². The van der Waals surface area contributed by atoms with E-state index in [-0.39, 0.29) is 6.04 Å². The van der Waals surface area contributed by atoms with Crippen molar-refractivity contribution in [2.24, 2.45) is 0 Å². The zero-order valence-corrected chi connectivity index (χ0v) is 11.4. The number of hydrogen-bond donors (Lipinski definition) is 2. The Morgan fingerprint density at radius 2 is 1.88 bits per heavy atom. The molecule has 0 bridgehead atoms. The molecule has 0 saturated carbocycles. The molecule has 0 aromatic heterocycles. The van der Waals surface area contributed by atoms with Crippen LogP contribution in [-0.4, -0.2) is 17.7 Å². The van der Waals surface area contributed by atoms with Gasteiger partial charge in [-0.1, -0.05) is 43.5 Å². The van der Waals surface area contributed by atoms with Crippen molar-refractivity contribution in [1.82, 2.24) is 5.32 Å². The predicted molar refractivity (Wildman–Crippen MR) is 73.4 cm³/mol. The highest BCUT2D eigenvalue weighted by molar-refractivity contribution is 6.30. The lowest BCUT2D eigenvalue weighted by atomic mass is 10.0. The SMILES string of the molecule is CCCCCNC(C)C(O)c1ccc(Cl)cc1. The number of nitrogens with one attached hydrogen (secondary N) is 1. The second-order valence-electron chi connectivity index (χ2n) is 4.45. The van der Waals surface area contributed by atoms with E-state index in [1.165, 1.54) is 12.8 Å². The molecule has 0 fully saturated rings. The first-order valence-electron chi connectivity index (χ1n) is 6.32. The van der Waals surface area contributed by atoms with Crippen LogP contribution in [0.1, 0.15) is 44.8 Å². The average Bonchev–Trinajstić information content (AvgIpc) is 2.34. The van der Waals surface area contributed by atoms with Crippen molar-refractivity contribution in [2.75, 3.05) is 6.54 Å². The second-order valence-corrected chi connectivity index (χ2v) is 4.88. The minimum absolute atomic E-state index is 0.0630. The molecule has 1 aromatic carbocycles. The van der Waals surface area contributed by atoms with Crippen molar-refractivity contribution < 1.29 is 5.11 Å². The van der Waals surface area contributed by atoms with Gasteiger partial charge in [-0.2, -0.15) is 0 Å². The van der Waals surface area contributed by atoms with Gasteiger partial charge in [-0.3, -0.25) is 0 Å². The third kappa shape index (κ3) is 5.07. The van der Waals surface area contributed by atoms with Gasteiger partial charge in [0.1, 0.15) is 0 Å². The highest BCUT2D eigenvalue weighted by Crippen LogP contribution is 2.19. The lowest BCUT2D eigenvalue weighted by Gasteiger charge is -2.20.